The number of hydrogen-bond donors (Lipinski definition) is 0. The monoisotopic (exact) mass is 269 g/mol. The lowest BCUT2D eigenvalue weighted by molar-refractivity contribution is -0.130. The number of rotatable bonds is 2. The number of piperidine rings is 1. The maximum atomic E-state index is 11.2. The zero-order chi connectivity index (χ0) is 14.3. The van der Waals surface area contributed by atoms with Crippen LogP contribution in [-0.2, 0) is 4.79 Å². The highest BCUT2D eigenvalue weighted by Gasteiger charge is 2.23. The predicted molar refractivity (Wildman–Crippen MR) is 80.3 cm³/mol. The third kappa shape index (κ3) is 5.49. The number of carbonyl (C=O) groups excluding carboxylic acids is 1. The van der Waals surface area contributed by atoms with Crippen molar-refractivity contribution < 1.29 is 4.79 Å². The van der Waals surface area contributed by atoms with Crippen LogP contribution in [0.1, 0.15) is 33.6 Å². The van der Waals surface area contributed by atoms with Gasteiger partial charge in [-0.25, -0.2) is 0 Å². The summed E-state index contributed by atoms with van der Waals surface area (Å²) in [5.41, 5.74) is 0. The Labute approximate surface area is 118 Å². The highest BCUT2D eigenvalue weighted by atomic mass is 16.2. The first-order valence-corrected chi connectivity index (χ1v) is 7.81. The lowest BCUT2D eigenvalue weighted by atomic mass is 9.96. The smallest absolute Gasteiger partial charge is 0.219 e. The van der Waals surface area contributed by atoms with Crippen LogP contribution in [0.5, 0.6) is 0 Å². The number of likely N-dealkylation sites (tertiary alicyclic amines) is 1. The number of piperazine rings is 1. The zero-order valence-corrected chi connectivity index (χ0v) is 13.2. The van der Waals surface area contributed by atoms with Crippen LogP contribution in [0.3, 0.4) is 0 Å². The SMILES string of the molecule is CC.CC(=O)N1CCN(CC2CCN(C)CC2)CC1. The maximum absolute atomic E-state index is 11.2. The molecule has 1 amide bonds. The van der Waals surface area contributed by atoms with E-state index < -0.39 is 0 Å². The summed E-state index contributed by atoms with van der Waals surface area (Å²) in [5.74, 6) is 1.10. The molecule has 2 rings (SSSR count). The van der Waals surface area contributed by atoms with Gasteiger partial charge in [-0.3, -0.25) is 9.69 Å². The van der Waals surface area contributed by atoms with Crippen molar-refractivity contribution in [2.24, 2.45) is 5.92 Å². The Morgan fingerprint density at radius 1 is 1.00 bits per heavy atom. The van der Waals surface area contributed by atoms with Gasteiger partial charge < -0.3 is 9.80 Å². The second-order valence-electron chi connectivity index (χ2n) is 5.55. The molecule has 0 saturated carbocycles. The third-order valence-electron chi connectivity index (χ3n) is 4.17. The van der Waals surface area contributed by atoms with Crippen molar-refractivity contribution in [1.82, 2.24) is 14.7 Å². The summed E-state index contributed by atoms with van der Waals surface area (Å²) >= 11 is 0. The number of carbonyl (C=O) groups is 1. The molecule has 0 N–H and O–H groups in total. The predicted octanol–water partition coefficient (Wildman–Crippen LogP) is 1.52. The van der Waals surface area contributed by atoms with Gasteiger partial charge >= 0.3 is 0 Å². The molecule has 19 heavy (non-hydrogen) atoms. The minimum absolute atomic E-state index is 0.226. The molecule has 0 aromatic heterocycles. The first-order valence-electron chi connectivity index (χ1n) is 7.81. The second-order valence-corrected chi connectivity index (χ2v) is 5.55. The van der Waals surface area contributed by atoms with Crippen LogP contribution >= 0.6 is 0 Å². The van der Waals surface area contributed by atoms with Crippen LogP contribution in [-0.4, -0.2) is 73.5 Å². The van der Waals surface area contributed by atoms with Crippen molar-refractivity contribution in [1.29, 1.82) is 0 Å². The topological polar surface area (TPSA) is 26.8 Å². The van der Waals surface area contributed by atoms with Crippen molar-refractivity contribution in [2.45, 2.75) is 33.6 Å². The molecule has 112 valence electrons. The minimum Gasteiger partial charge on any atom is -0.340 e. The van der Waals surface area contributed by atoms with E-state index >= 15 is 0 Å². The van der Waals surface area contributed by atoms with E-state index in [-0.39, 0.29) is 5.91 Å². The van der Waals surface area contributed by atoms with Crippen LogP contribution in [0.4, 0.5) is 0 Å². The van der Waals surface area contributed by atoms with Gasteiger partial charge in [-0.15, -0.1) is 0 Å². The van der Waals surface area contributed by atoms with Gasteiger partial charge in [-0.2, -0.15) is 0 Å². The van der Waals surface area contributed by atoms with Gasteiger partial charge in [0.2, 0.25) is 5.91 Å². The van der Waals surface area contributed by atoms with E-state index in [4.69, 9.17) is 0 Å². The van der Waals surface area contributed by atoms with E-state index in [9.17, 15) is 4.79 Å². The molecular weight excluding hydrogens is 238 g/mol. The molecule has 0 atom stereocenters. The maximum Gasteiger partial charge on any atom is 0.219 e. The highest BCUT2D eigenvalue weighted by molar-refractivity contribution is 5.73. The number of amides is 1. The molecule has 0 unspecified atom stereocenters. The Morgan fingerprint density at radius 3 is 2.00 bits per heavy atom. The fraction of sp³-hybridized carbons (Fsp3) is 0.933. The van der Waals surface area contributed by atoms with Crippen LogP contribution in [0.25, 0.3) is 0 Å². The normalized spacial score (nSPS) is 22.8. The fourth-order valence-corrected chi connectivity index (χ4v) is 2.86. The molecule has 2 saturated heterocycles. The van der Waals surface area contributed by atoms with Crippen molar-refractivity contribution in [3.63, 3.8) is 0 Å². The average molecular weight is 269 g/mol. The minimum atomic E-state index is 0.226. The largest absolute Gasteiger partial charge is 0.340 e. The first-order chi connectivity index (χ1) is 9.15. The van der Waals surface area contributed by atoms with E-state index in [1.165, 1.54) is 32.5 Å². The highest BCUT2D eigenvalue weighted by Crippen LogP contribution is 2.18. The van der Waals surface area contributed by atoms with E-state index in [0.29, 0.717) is 0 Å². The van der Waals surface area contributed by atoms with E-state index in [2.05, 4.69) is 16.8 Å². The molecule has 4 heteroatoms. The van der Waals surface area contributed by atoms with Crippen LogP contribution in [0.15, 0.2) is 0 Å². The molecule has 4 nitrogen and oxygen atoms in total. The molecule has 0 aromatic rings. The van der Waals surface area contributed by atoms with Crippen molar-refractivity contribution in [3.05, 3.63) is 0 Å². The molecular formula is C15H31N3O. The van der Waals surface area contributed by atoms with E-state index in [1.807, 2.05) is 18.7 Å². The molecule has 2 fully saturated rings. The third-order valence-corrected chi connectivity index (χ3v) is 4.17. The number of hydrogen-bond acceptors (Lipinski definition) is 3. The molecule has 2 heterocycles. The van der Waals surface area contributed by atoms with Gasteiger partial charge in [0, 0.05) is 39.6 Å². The fourth-order valence-electron chi connectivity index (χ4n) is 2.86. The Balaban J connectivity index is 0.000000861. The summed E-state index contributed by atoms with van der Waals surface area (Å²) in [6, 6.07) is 0. The Bertz CT molecular complexity index is 254. The quantitative estimate of drug-likeness (QED) is 0.760. The lowest BCUT2D eigenvalue weighted by Crippen LogP contribution is -2.49. The first kappa shape index (κ1) is 16.4. The summed E-state index contributed by atoms with van der Waals surface area (Å²) in [6.07, 6.45) is 2.67. The summed E-state index contributed by atoms with van der Waals surface area (Å²) in [4.78, 5) is 18.2. The Morgan fingerprint density at radius 2 is 1.53 bits per heavy atom. The van der Waals surface area contributed by atoms with Gasteiger partial charge in [-0.05, 0) is 38.9 Å². The second kappa shape index (κ2) is 8.54. The standard InChI is InChI=1S/C13H25N3O.C2H6/c1-12(17)16-9-7-15(8-10-16)11-13-3-5-14(2)6-4-13;1-2/h13H,3-11H2,1-2H3;1-2H3. The molecule has 0 aromatic carbocycles. The molecule has 2 aliphatic heterocycles. The Kier molecular flexibility index (Phi) is 7.39. The summed E-state index contributed by atoms with van der Waals surface area (Å²) in [5, 5.41) is 0. The van der Waals surface area contributed by atoms with Crippen molar-refractivity contribution in [3.8, 4) is 0 Å². The van der Waals surface area contributed by atoms with Gasteiger partial charge in [0.15, 0.2) is 0 Å². The average Bonchev–Trinajstić information content (AvgIpc) is 2.44. The van der Waals surface area contributed by atoms with Gasteiger partial charge in [0.05, 0.1) is 0 Å². The molecule has 0 aliphatic carbocycles. The van der Waals surface area contributed by atoms with Crippen molar-refractivity contribution in [2.75, 3.05) is 52.9 Å². The summed E-state index contributed by atoms with van der Waals surface area (Å²) in [6.45, 7) is 13.4. The lowest BCUT2D eigenvalue weighted by Gasteiger charge is -2.38. The van der Waals surface area contributed by atoms with E-state index in [0.717, 1.165) is 32.1 Å². The number of nitrogens with zero attached hydrogens (tertiary/aromatic N) is 3. The molecule has 2 aliphatic rings. The van der Waals surface area contributed by atoms with E-state index in [1.54, 1.807) is 6.92 Å². The van der Waals surface area contributed by atoms with Gasteiger partial charge in [-0.1, -0.05) is 13.8 Å². The summed E-state index contributed by atoms with van der Waals surface area (Å²) in [7, 11) is 2.21. The van der Waals surface area contributed by atoms with Crippen LogP contribution in [0.2, 0.25) is 0 Å². The Hall–Kier alpha value is -0.610. The molecule has 0 bridgehead atoms. The zero-order valence-electron chi connectivity index (χ0n) is 13.2. The van der Waals surface area contributed by atoms with Crippen LogP contribution < -0.4 is 0 Å². The van der Waals surface area contributed by atoms with Gasteiger partial charge in [0.25, 0.3) is 0 Å². The summed E-state index contributed by atoms with van der Waals surface area (Å²) < 4.78 is 0. The van der Waals surface area contributed by atoms with Crippen LogP contribution in [0, 0.1) is 5.92 Å². The molecule has 0 radical (unpaired) electrons. The van der Waals surface area contributed by atoms with Crippen molar-refractivity contribution >= 4 is 5.91 Å². The molecule has 0 spiro atoms. The van der Waals surface area contributed by atoms with Gasteiger partial charge in [0.1, 0.15) is 0 Å².